The molecule has 2 N–H and O–H groups in total. The van der Waals surface area contributed by atoms with E-state index in [4.69, 9.17) is 17.3 Å². The van der Waals surface area contributed by atoms with Gasteiger partial charge in [0, 0.05) is 13.6 Å². The predicted molar refractivity (Wildman–Crippen MR) is 70.1 cm³/mol. The Hall–Kier alpha value is -1.29. The number of pyridine rings is 1. The molecule has 1 aromatic heterocycles. The fraction of sp³-hybridized carbons (Fsp3) is 0.500. The van der Waals surface area contributed by atoms with Gasteiger partial charge in [0.05, 0.1) is 5.02 Å². The molecule has 5 heteroatoms. The maximum atomic E-state index is 12.0. The van der Waals surface area contributed by atoms with Crippen LogP contribution in [-0.4, -0.2) is 29.4 Å². The highest BCUT2D eigenvalue weighted by Crippen LogP contribution is 2.16. The summed E-state index contributed by atoms with van der Waals surface area (Å²) in [6.45, 7) is 2.83. The number of unbranched alkanes of at least 4 members (excludes halogenated alkanes) is 2. The van der Waals surface area contributed by atoms with E-state index in [1.807, 2.05) is 0 Å². The molecule has 0 atom stereocenters. The first-order valence-electron chi connectivity index (χ1n) is 5.73. The van der Waals surface area contributed by atoms with Crippen LogP contribution in [0.5, 0.6) is 0 Å². The molecule has 0 fully saturated rings. The number of aromatic nitrogens is 1. The second-order valence-corrected chi connectivity index (χ2v) is 4.41. The Labute approximate surface area is 107 Å². The molecule has 1 heterocycles. The normalized spacial score (nSPS) is 10.3. The summed E-state index contributed by atoms with van der Waals surface area (Å²) in [5.74, 6) is 0.123. The Morgan fingerprint density at radius 2 is 2.18 bits per heavy atom. The average molecular weight is 256 g/mol. The number of hydrogen-bond acceptors (Lipinski definition) is 3. The van der Waals surface area contributed by atoms with Crippen LogP contribution in [0.3, 0.4) is 0 Å². The lowest BCUT2D eigenvalue weighted by molar-refractivity contribution is 0.0787. The van der Waals surface area contributed by atoms with Gasteiger partial charge in [0.25, 0.3) is 5.91 Å². The van der Waals surface area contributed by atoms with Gasteiger partial charge in [-0.25, -0.2) is 4.98 Å². The van der Waals surface area contributed by atoms with Crippen molar-refractivity contribution in [3.05, 3.63) is 22.8 Å². The minimum Gasteiger partial charge on any atom is -0.384 e. The first kappa shape index (κ1) is 13.8. The Bertz CT molecular complexity index is 395. The molecule has 94 valence electrons. The number of anilines is 1. The van der Waals surface area contributed by atoms with E-state index in [0.717, 1.165) is 19.3 Å². The second-order valence-electron chi connectivity index (χ2n) is 4.00. The molecule has 0 aliphatic carbocycles. The molecule has 1 amide bonds. The fourth-order valence-electron chi connectivity index (χ4n) is 1.49. The average Bonchev–Trinajstić information content (AvgIpc) is 2.31. The van der Waals surface area contributed by atoms with E-state index in [-0.39, 0.29) is 11.6 Å². The van der Waals surface area contributed by atoms with Crippen molar-refractivity contribution in [2.75, 3.05) is 19.3 Å². The number of halogens is 1. The Kier molecular flexibility index (Phi) is 5.22. The van der Waals surface area contributed by atoms with Crippen molar-refractivity contribution in [3.63, 3.8) is 0 Å². The first-order chi connectivity index (χ1) is 8.06. The van der Waals surface area contributed by atoms with E-state index in [2.05, 4.69) is 11.9 Å². The van der Waals surface area contributed by atoms with Crippen LogP contribution in [0.1, 0.15) is 36.7 Å². The molecule has 0 spiro atoms. The van der Waals surface area contributed by atoms with Crippen LogP contribution in [0.4, 0.5) is 5.82 Å². The lowest BCUT2D eigenvalue weighted by atomic mass is 10.2. The number of amides is 1. The van der Waals surface area contributed by atoms with Crippen LogP contribution in [0.15, 0.2) is 12.1 Å². The molecule has 0 unspecified atom stereocenters. The summed E-state index contributed by atoms with van der Waals surface area (Å²) >= 11 is 5.93. The topological polar surface area (TPSA) is 59.2 Å². The minimum atomic E-state index is -0.182. The molecule has 1 rings (SSSR count). The zero-order valence-corrected chi connectivity index (χ0v) is 11.0. The highest BCUT2D eigenvalue weighted by molar-refractivity contribution is 6.33. The van der Waals surface area contributed by atoms with Gasteiger partial charge < -0.3 is 10.6 Å². The lowest BCUT2D eigenvalue weighted by Crippen LogP contribution is -2.29. The van der Waals surface area contributed by atoms with Gasteiger partial charge in [0.15, 0.2) is 0 Å². The fourth-order valence-corrected chi connectivity index (χ4v) is 1.67. The van der Waals surface area contributed by atoms with E-state index in [1.165, 1.54) is 0 Å². The molecule has 4 nitrogen and oxygen atoms in total. The number of nitrogen functional groups attached to an aromatic ring is 1. The predicted octanol–water partition coefficient (Wildman–Crippen LogP) is 2.58. The third-order valence-corrected chi connectivity index (χ3v) is 2.82. The molecule has 0 radical (unpaired) electrons. The summed E-state index contributed by atoms with van der Waals surface area (Å²) in [6, 6.07) is 3.17. The largest absolute Gasteiger partial charge is 0.384 e. The van der Waals surface area contributed by atoms with Crippen molar-refractivity contribution in [2.45, 2.75) is 26.2 Å². The molecular formula is C12H18ClN3O. The number of carbonyl (C=O) groups is 1. The van der Waals surface area contributed by atoms with E-state index < -0.39 is 0 Å². The highest BCUT2D eigenvalue weighted by Gasteiger charge is 2.16. The summed E-state index contributed by atoms with van der Waals surface area (Å²) < 4.78 is 0. The Morgan fingerprint density at radius 3 is 2.82 bits per heavy atom. The standard InChI is InChI=1S/C12H18ClN3O/c1-3-4-5-8-16(2)12(17)11-9(13)6-7-10(14)15-11/h6-7H,3-5,8H2,1-2H3,(H2,14,15). The van der Waals surface area contributed by atoms with E-state index >= 15 is 0 Å². The number of carbonyl (C=O) groups excluding carboxylic acids is 1. The maximum Gasteiger partial charge on any atom is 0.273 e. The van der Waals surface area contributed by atoms with Crippen molar-refractivity contribution < 1.29 is 4.79 Å². The SMILES string of the molecule is CCCCCN(C)C(=O)c1nc(N)ccc1Cl. The van der Waals surface area contributed by atoms with Crippen LogP contribution in [0.25, 0.3) is 0 Å². The smallest absolute Gasteiger partial charge is 0.273 e. The van der Waals surface area contributed by atoms with E-state index in [1.54, 1.807) is 24.1 Å². The number of hydrogen-bond donors (Lipinski definition) is 1. The summed E-state index contributed by atoms with van der Waals surface area (Å²) in [5.41, 5.74) is 5.77. The minimum absolute atomic E-state index is 0.182. The van der Waals surface area contributed by atoms with Gasteiger partial charge in [-0.2, -0.15) is 0 Å². The molecular weight excluding hydrogens is 238 g/mol. The number of rotatable bonds is 5. The van der Waals surface area contributed by atoms with Crippen molar-refractivity contribution in [1.29, 1.82) is 0 Å². The van der Waals surface area contributed by atoms with Gasteiger partial charge in [-0.15, -0.1) is 0 Å². The van der Waals surface area contributed by atoms with Crippen molar-refractivity contribution in [2.24, 2.45) is 0 Å². The quantitative estimate of drug-likeness (QED) is 0.823. The molecule has 0 bridgehead atoms. The lowest BCUT2D eigenvalue weighted by Gasteiger charge is -2.17. The first-order valence-corrected chi connectivity index (χ1v) is 6.11. The van der Waals surface area contributed by atoms with Crippen molar-refractivity contribution in [1.82, 2.24) is 9.88 Å². The number of nitrogens with zero attached hydrogens (tertiary/aromatic N) is 2. The maximum absolute atomic E-state index is 12.0. The molecule has 0 aromatic carbocycles. The molecule has 17 heavy (non-hydrogen) atoms. The van der Waals surface area contributed by atoms with Gasteiger partial charge >= 0.3 is 0 Å². The van der Waals surface area contributed by atoms with Gasteiger partial charge in [-0.3, -0.25) is 4.79 Å². The van der Waals surface area contributed by atoms with Gasteiger partial charge in [0.1, 0.15) is 11.5 Å². The van der Waals surface area contributed by atoms with Crippen molar-refractivity contribution in [3.8, 4) is 0 Å². The highest BCUT2D eigenvalue weighted by atomic mass is 35.5. The van der Waals surface area contributed by atoms with Gasteiger partial charge in [-0.1, -0.05) is 31.4 Å². The summed E-state index contributed by atoms with van der Waals surface area (Å²) in [7, 11) is 1.75. The molecule has 1 aromatic rings. The monoisotopic (exact) mass is 255 g/mol. The Balaban J connectivity index is 2.71. The van der Waals surface area contributed by atoms with E-state index in [0.29, 0.717) is 17.4 Å². The third-order valence-electron chi connectivity index (χ3n) is 2.51. The third kappa shape index (κ3) is 3.89. The molecule has 0 saturated carbocycles. The van der Waals surface area contributed by atoms with Crippen LogP contribution >= 0.6 is 11.6 Å². The number of nitrogens with two attached hydrogens (primary N) is 1. The van der Waals surface area contributed by atoms with Crippen LogP contribution in [0.2, 0.25) is 5.02 Å². The Morgan fingerprint density at radius 1 is 1.47 bits per heavy atom. The molecule has 0 aliphatic rings. The molecule has 0 aliphatic heterocycles. The van der Waals surface area contributed by atoms with E-state index in [9.17, 15) is 4.79 Å². The molecule has 0 saturated heterocycles. The van der Waals surface area contributed by atoms with Crippen LogP contribution in [-0.2, 0) is 0 Å². The zero-order valence-electron chi connectivity index (χ0n) is 10.2. The second kappa shape index (κ2) is 6.45. The van der Waals surface area contributed by atoms with Crippen molar-refractivity contribution >= 4 is 23.3 Å². The summed E-state index contributed by atoms with van der Waals surface area (Å²) in [6.07, 6.45) is 3.22. The van der Waals surface area contributed by atoms with Crippen LogP contribution < -0.4 is 5.73 Å². The zero-order chi connectivity index (χ0) is 12.8. The van der Waals surface area contributed by atoms with Gasteiger partial charge in [0.2, 0.25) is 0 Å². The van der Waals surface area contributed by atoms with Crippen LogP contribution in [0, 0.1) is 0 Å². The van der Waals surface area contributed by atoms with Gasteiger partial charge in [-0.05, 0) is 18.6 Å². The summed E-state index contributed by atoms with van der Waals surface area (Å²) in [5, 5.41) is 0.339. The summed E-state index contributed by atoms with van der Waals surface area (Å²) in [4.78, 5) is 17.6.